The molecule has 1 unspecified atom stereocenters. The Hall–Kier alpha value is -1.36. The summed E-state index contributed by atoms with van der Waals surface area (Å²) in [4.78, 5) is 12.8. The summed E-state index contributed by atoms with van der Waals surface area (Å²) in [6.45, 7) is 4.32. The molecule has 0 bridgehead atoms. The molecule has 5 nitrogen and oxygen atoms in total. The number of nitrogens with one attached hydrogen (secondary N) is 1. The third-order valence-corrected chi connectivity index (χ3v) is 3.55. The number of hydrogen-bond acceptors (Lipinski definition) is 4. The van der Waals surface area contributed by atoms with Gasteiger partial charge in [-0.25, -0.2) is 4.98 Å². The van der Waals surface area contributed by atoms with Crippen LogP contribution in [0, 0.1) is 0 Å². The second-order valence-electron chi connectivity index (χ2n) is 4.84. The van der Waals surface area contributed by atoms with Crippen molar-refractivity contribution >= 4 is 28.6 Å². The summed E-state index contributed by atoms with van der Waals surface area (Å²) in [6, 6.07) is 0.902. The molecule has 1 saturated carbocycles. The van der Waals surface area contributed by atoms with E-state index < -0.39 is 0 Å². The number of rotatable bonds is 4. The van der Waals surface area contributed by atoms with Crippen molar-refractivity contribution in [3.05, 3.63) is 11.6 Å². The van der Waals surface area contributed by atoms with Gasteiger partial charge in [0.1, 0.15) is 5.52 Å². The molecule has 2 heterocycles. The van der Waals surface area contributed by atoms with Crippen LogP contribution in [0.15, 0.2) is 6.33 Å². The zero-order valence-corrected chi connectivity index (χ0v) is 11.3. The van der Waals surface area contributed by atoms with Gasteiger partial charge < -0.3 is 9.88 Å². The monoisotopic (exact) mass is 265 g/mol. The molecule has 2 aromatic rings. The Bertz CT molecular complexity index is 575. The van der Waals surface area contributed by atoms with E-state index in [0.29, 0.717) is 17.7 Å². The maximum atomic E-state index is 5.94. The minimum absolute atomic E-state index is 0.250. The van der Waals surface area contributed by atoms with Crippen molar-refractivity contribution in [2.75, 3.05) is 5.32 Å². The second kappa shape index (κ2) is 4.39. The molecule has 6 heteroatoms. The van der Waals surface area contributed by atoms with Crippen LogP contribution >= 0.6 is 11.6 Å². The predicted octanol–water partition coefficient (Wildman–Crippen LogP) is 3.03. The largest absolute Gasteiger partial charge is 0.365 e. The lowest BCUT2D eigenvalue weighted by atomic mass is 10.2. The first kappa shape index (κ1) is 11.7. The van der Waals surface area contributed by atoms with Crippen molar-refractivity contribution in [3.63, 3.8) is 0 Å². The Morgan fingerprint density at radius 1 is 1.50 bits per heavy atom. The SMILES string of the molecule is CCC(C)n1cnc2nc(Cl)nc(NC3CC3)c21. The van der Waals surface area contributed by atoms with Crippen molar-refractivity contribution in [2.24, 2.45) is 0 Å². The Morgan fingerprint density at radius 3 is 2.94 bits per heavy atom. The first-order valence-electron chi connectivity index (χ1n) is 6.35. The molecule has 0 radical (unpaired) electrons. The molecular formula is C12H16ClN5. The van der Waals surface area contributed by atoms with Crippen molar-refractivity contribution in [3.8, 4) is 0 Å². The summed E-state index contributed by atoms with van der Waals surface area (Å²) in [7, 11) is 0. The number of nitrogens with zero attached hydrogens (tertiary/aromatic N) is 4. The lowest BCUT2D eigenvalue weighted by molar-refractivity contribution is 0.544. The number of anilines is 1. The third-order valence-electron chi connectivity index (χ3n) is 3.38. The summed E-state index contributed by atoms with van der Waals surface area (Å²) in [5, 5.41) is 3.66. The second-order valence-corrected chi connectivity index (χ2v) is 5.18. The normalized spacial score (nSPS) is 17.1. The lowest BCUT2D eigenvalue weighted by Gasteiger charge is -2.14. The average Bonchev–Trinajstić information content (AvgIpc) is 3.05. The van der Waals surface area contributed by atoms with Crippen LogP contribution in [-0.2, 0) is 0 Å². The van der Waals surface area contributed by atoms with Crippen LogP contribution in [0.1, 0.15) is 39.2 Å². The van der Waals surface area contributed by atoms with Crippen molar-refractivity contribution in [2.45, 2.75) is 45.2 Å². The fourth-order valence-corrected chi connectivity index (χ4v) is 2.14. The highest BCUT2D eigenvalue weighted by atomic mass is 35.5. The molecule has 1 fully saturated rings. The van der Waals surface area contributed by atoms with Crippen LogP contribution in [0.2, 0.25) is 5.28 Å². The highest BCUT2D eigenvalue weighted by Crippen LogP contribution is 2.30. The minimum Gasteiger partial charge on any atom is -0.365 e. The molecular weight excluding hydrogens is 250 g/mol. The van der Waals surface area contributed by atoms with E-state index in [1.54, 1.807) is 0 Å². The van der Waals surface area contributed by atoms with Crippen LogP contribution in [-0.4, -0.2) is 25.6 Å². The standard InChI is InChI=1S/C12H16ClN5/c1-3-7(2)18-6-14-10-9(18)11(15-8-4-5-8)17-12(13)16-10/h6-8H,3-5H2,1-2H3,(H,15,16,17). The molecule has 3 rings (SSSR count). The van der Waals surface area contributed by atoms with E-state index in [-0.39, 0.29) is 5.28 Å². The summed E-state index contributed by atoms with van der Waals surface area (Å²) in [5.74, 6) is 0.810. The third kappa shape index (κ3) is 2.03. The molecule has 0 amide bonds. The Labute approximate surface area is 111 Å². The first-order chi connectivity index (χ1) is 8.69. The van der Waals surface area contributed by atoms with E-state index in [1.165, 1.54) is 12.8 Å². The fraction of sp³-hybridized carbons (Fsp3) is 0.583. The molecule has 2 aromatic heterocycles. The number of halogens is 1. The Kier molecular flexibility index (Phi) is 2.86. The van der Waals surface area contributed by atoms with Gasteiger partial charge in [-0.3, -0.25) is 0 Å². The van der Waals surface area contributed by atoms with Crippen LogP contribution in [0.25, 0.3) is 11.2 Å². The van der Waals surface area contributed by atoms with Gasteiger partial charge in [0.25, 0.3) is 0 Å². The number of hydrogen-bond donors (Lipinski definition) is 1. The van der Waals surface area contributed by atoms with Crippen molar-refractivity contribution in [1.82, 2.24) is 19.5 Å². The Morgan fingerprint density at radius 2 is 2.28 bits per heavy atom. The highest BCUT2D eigenvalue weighted by Gasteiger charge is 2.24. The number of imidazole rings is 1. The molecule has 1 atom stereocenters. The van der Waals surface area contributed by atoms with Gasteiger partial charge >= 0.3 is 0 Å². The molecule has 0 spiro atoms. The van der Waals surface area contributed by atoms with Gasteiger partial charge in [0.15, 0.2) is 11.5 Å². The van der Waals surface area contributed by atoms with Gasteiger partial charge in [0, 0.05) is 12.1 Å². The van der Waals surface area contributed by atoms with Gasteiger partial charge in [-0.2, -0.15) is 9.97 Å². The molecule has 1 aliphatic rings. The fourth-order valence-electron chi connectivity index (χ4n) is 1.97. The van der Waals surface area contributed by atoms with Crippen molar-refractivity contribution < 1.29 is 0 Å². The van der Waals surface area contributed by atoms with Crippen LogP contribution in [0.4, 0.5) is 5.82 Å². The van der Waals surface area contributed by atoms with Crippen molar-refractivity contribution in [1.29, 1.82) is 0 Å². The molecule has 0 aliphatic heterocycles. The first-order valence-corrected chi connectivity index (χ1v) is 6.73. The smallest absolute Gasteiger partial charge is 0.226 e. The van der Waals surface area contributed by atoms with Gasteiger partial charge in [0.05, 0.1) is 6.33 Å². The quantitative estimate of drug-likeness (QED) is 0.864. The van der Waals surface area contributed by atoms with Gasteiger partial charge in [-0.05, 0) is 37.8 Å². The minimum atomic E-state index is 0.250. The topological polar surface area (TPSA) is 55.6 Å². The van der Waals surface area contributed by atoms with Crippen LogP contribution in [0.3, 0.4) is 0 Å². The number of aromatic nitrogens is 4. The molecule has 0 saturated heterocycles. The molecule has 0 aromatic carbocycles. The lowest BCUT2D eigenvalue weighted by Crippen LogP contribution is -2.09. The summed E-state index contributed by atoms with van der Waals surface area (Å²) in [6.07, 6.45) is 5.25. The molecule has 18 heavy (non-hydrogen) atoms. The van der Waals surface area contributed by atoms with E-state index in [4.69, 9.17) is 11.6 Å². The summed E-state index contributed by atoms with van der Waals surface area (Å²) in [5.41, 5.74) is 1.62. The van der Waals surface area contributed by atoms with Crippen LogP contribution in [0.5, 0.6) is 0 Å². The number of fused-ring (bicyclic) bond motifs is 1. The van der Waals surface area contributed by atoms with Gasteiger partial charge in [-0.1, -0.05) is 6.92 Å². The molecule has 1 N–H and O–H groups in total. The zero-order chi connectivity index (χ0) is 12.7. The van der Waals surface area contributed by atoms with Crippen LogP contribution < -0.4 is 5.32 Å². The average molecular weight is 266 g/mol. The maximum Gasteiger partial charge on any atom is 0.226 e. The van der Waals surface area contributed by atoms with E-state index >= 15 is 0 Å². The van der Waals surface area contributed by atoms with E-state index in [9.17, 15) is 0 Å². The molecule has 96 valence electrons. The summed E-state index contributed by atoms with van der Waals surface area (Å²) >= 11 is 5.94. The van der Waals surface area contributed by atoms with Gasteiger partial charge in [0.2, 0.25) is 5.28 Å². The van der Waals surface area contributed by atoms with E-state index in [1.807, 2.05) is 6.33 Å². The predicted molar refractivity (Wildman–Crippen MR) is 72.0 cm³/mol. The summed E-state index contributed by atoms with van der Waals surface area (Å²) < 4.78 is 2.12. The highest BCUT2D eigenvalue weighted by molar-refractivity contribution is 6.28. The van der Waals surface area contributed by atoms with Gasteiger partial charge in [-0.15, -0.1) is 0 Å². The maximum absolute atomic E-state index is 5.94. The molecule has 1 aliphatic carbocycles. The van der Waals surface area contributed by atoms with E-state index in [0.717, 1.165) is 17.8 Å². The van der Waals surface area contributed by atoms with E-state index in [2.05, 4.69) is 38.7 Å². The zero-order valence-electron chi connectivity index (χ0n) is 10.5. The Balaban J connectivity index is 2.13.